The van der Waals surface area contributed by atoms with Crippen molar-refractivity contribution < 1.29 is 5.11 Å². The van der Waals surface area contributed by atoms with Gasteiger partial charge in [-0.15, -0.1) is 0 Å². The summed E-state index contributed by atoms with van der Waals surface area (Å²) in [7, 11) is 0. The molecule has 1 N–H and O–H groups in total. The van der Waals surface area contributed by atoms with Gasteiger partial charge in [-0.05, 0) is 53.1 Å². The molecule has 0 amide bonds. The third-order valence-electron chi connectivity index (χ3n) is 2.55. The van der Waals surface area contributed by atoms with E-state index in [0.717, 1.165) is 18.4 Å². The molecule has 0 saturated heterocycles. The minimum Gasteiger partial charge on any atom is -0.385 e. The molecule has 1 aromatic rings. The molecule has 0 bridgehead atoms. The molecule has 0 aliphatic rings. The number of hydrogen-bond acceptors (Lipinski definition) is 1. The van der Waals surface area contributed by atoms with Gasteiger partial charge in [0.2, 0.25) is 0 Å². The van der Waals surface area contributed by atoms with Gasteiger partial charge < -0.3 is 5.11 Å². The summed E-state index contributed by atoms with van der Waals surface area (Å²) in [4.78, 5) is 0. The predicted octanol–water partition coefficient (Wildman–Crippen LogP) is 3.30. The van der Waals surface area contributed by atoms with E-state index < -0.39 is 5.60 Å². The molecule has 0 aliphatic carbocycles. The highest BCUT2D eigenvalue weighted by molar-refractivity contribution is 14.1. The van der Waals surface area contributed by atoms with Crippen molar-refractivity contribution in [1.82, 2.24) is 0 Å². The molecule has 0 unspecified atom stereocenters. The van der Waals surface area contributed by atoms with E-state index in [0.29, 0.717) is 0 Å². The molecule has 0 heterocycles. The van der Waals surface area contributed by atoms with Crippen molar-refractivity contribution in [3.8, 4) is 0 Å². The molecule has 13 heavy (non-hydrogen) atoms. The molecule has 2 heteroatoms. The van der Waals surface area contributed by atoms with Gasteiger partial charge in [0.25, 0.3) is 0 Å². The Bertz CT molecular complexity index is 262. The summed E-state index contributed by atoms with van der Waals surface area (Å²) in [6.07, 6.45) is 1.54. The van der Waals surface area contributed by atoms with Crippen LogP contribution in [0.4, 0.5) is 0 Å². The number of halogens is 1. The van der Waals surface area contributed by atoms with Crippen molar-refractivity contribution in [2.24, 2.45) is 0 Å². The molecule has 0 radical (unpaired) electrons. The fraction of sp³-hybridized carbons (Fsp3) is 0.455. The van der Waals surface area contributed by atoms with Crippen LogP contribution >= 0.6 is 22.6 Å². The van der Waals surface area contributed by atoms with E-state index in [4.69, 9.17) is 0 Å². The second-order valence-electron chi connectivity index (χ2n) is 3.25. The van der Waals surface area contributed by atoms with Crippen LogP contribution in [-0.2, 0) is 5.60 Å². The van der Waals surface area contributed by atoms with Crippen molar-refractivity contribution in [2.75, 3.05) is 0 Å². The molecule has 0 aliphatic heterocycles. The van der Waals surface area contributed by atoms with Crippen LogP contribution in [0.5, 0.6) is 0 Å². The maximum Gasteiger partial charge on any atom is 0.0891 e. The lowest BCUT2D eigenvalue weighted by molar-refractivity contribution is 0.0284. The van der Waals surface area contributed by atoms with Gasteiger partial charge in [0.15, 0.2) is 0 Å². The van der Waals surface area contributed by atoms with Crippen LogP contribution in [0.25, 0.3) is 0 Å². The van der Waals surface area contributed by atoms with E-state index in [-0.39, 0.29) is 0 Å². The van der Waals surface area contributed by atoms with Crippen LogP contribution < -0.4 is 0 Å². The van der Waals surface area contributed by atoms with E-state index in [9.17, 15) is 5.11 Å². The first-order valence-corrected chi connectivity index (χ1v) is 5.68. The first kappa shape index (κ1) is 11.0. The molecule has 72 valence electrons. The maximum atomic E-state index is 10.2. The lowest BCUT2D eigenvalue weighted by Gasteiger charge is -2.25. The second-order valence-corrected chi connectivity index (χ2v) is 4.49. The van der Waals surface area contributed by atoms with Gasteiger partial charge in [-0.1, -0.05) is 26.0 Å². The second kappa shape index (κ2) is 4.42. The molecule has 0 aromatic heterocycles. The van der Waals surface area contributed by atoms with Crippen LogP contribution in [0, 0.1) is 3.57 Å². The molecule has 0 saturated carbocycles. The molecule has 1 nitrogen and oxygen atoms in total. The smallest absolute Gasteiger partial charge is 0.0891 e. The van der Waals surface area contributed by atoms with Crippen molar-refractivity contribution in [1.29, 1.82) is 0 Å². The monoisotopic (exact) mass is 290 g/mol. The summed E-state index contributed by atoms with van der Waals surface area (Å²) in [5, 5.41) is 10.2. The highest BCUT2D eigenvalue weighted by atomic mass is 127. The van der Waals surface area contributed by atoms with Crippen molar-refractivity contribution in [3.05, 3.63) is 33.4 Å². The van der Waals surface area contributed by atoms with E-state index in [1.54, 1.807) is 0 Å². The Labute approximate surface area is 93.3 Å². The Morgan fingerprint density at radius 1 is 1.15 bits per heavy atom. The minimum atomic E-state index is -0.635. The Morgan fingerprint density at radius 2 is 1.62 bits per heavy atom. The number of aliphatic hydroxyl groups is 1. The standard InChI is InChI=1S/C11H15IO/c1-3-11(13,4-2)9-5-7-10(12)8-6-9/h5-8,13H,3-4H2,1-2H3. The quantitative estimate of drug-likeness (QED) is 0.847. The number of benzene rings is 1. The molecule has 0 spiro atoms. The normalized spacial score (nSPS) is 11.7. The highest BCUT2D eigenvalue weighted by Crippen LogP contribution is 2.28. The summed E-state index contributed by atoms with van der Waals surface area (Å²) in [5.41, 5.74) is 0.391. The van der Waals surface area contributed by atoms with E-state index >= 15 is 0 Å². The maximum absolute atomic E-state index is 10.2. The van der Waals surface area contributed by atoms with Crippen LogP contribution in [0.15, 0.2) is 24.3 Å². The van der Waals surface area contributed by atoms with Gasteiger partial charge in [-0.2, -0.15) is 0 Å². The molecule has 0 fully saturated rings. The molecule has 1 aromatic carbocycles. The SMILES string of the molecule is CCC(O)(CC)c1ccc(I)cc1. The predicted molar refractivity (Wildman–Crippen MR) is 63.6 cm³/mol. The Balaban J connectivity index is 2.99. The zero-order valence-corrected chi connectivity index (χ0v) is 10.2. The van der Waals surface area contributed by atoms with Crippen LogP contribution in [-0.4, -0.2) is 5.11 Å². The number of hydrogen-bond donors (Lipinski definition) is 1. The lowest BCUT2D eigenvalue weighted by atomic mass is 9.89. The third kappa shape index (κ3) is 2.44. The Hall–Kier alpha value is -0.0900. The van der Waals surface area contributed by atoms with Crippen LogP contribution in [0.1, 0.15) is 32.3 Å². The van der Waals surface area contributed by atoms with E-state index in [1.807, 2.05) is 38.1 Å². The largest absolute Gasteiger partial charge is 0.385 e. The van der Waals surface area contributed by atoms with Gasteiger partial charge in [-0.3, -0.25) is 0 Å². The summed E-state index contributed by atoms with van der Waals surface area (Å²) in [6, 6.07) is 8.09. The molecule has 0 atom stereocenters. The summed E-state index contributed by atoms with van der Waals surface area (Å²) < 4.78 is 1.20. The zero-order valence-electron chi connectivity index (χ0n) is 8.05. The topological polar surface area (TPSA) is 20.2 Å². The molecule has 1 rings (SSSR count). The average Bonchev–Trinajstić information content (AvgIpc) is 2.18. The van der Waals surface area contributed by atoms with E-state index in [1.165, 1.54) is 3.57 Å². The molecular formula is C11H15IO. The highest BCUT2D eigenvalue weighted by Gasteiger charge is 2.23. The van der Waals surface area contributed by atoms with Gasteiger partial charge >= 0.3 is 0 Å². The first-order chi connectivity index (χ1) is 6.12. The van der Waals surface area contributed by atoms with Crippen LogP contribution in [0.3, 0.4) is 0 Å². The van der Waals surface area contributed by atoms with Crippen molar-refractivity contribution in [3.63, 3.8) is 0 Å². The fourth-order valence-corrected chi connectivity index (χ4v) is 1.78. The van der Waals surface area contributed by atoms with Gasteiger partial charge in [-0.25, -0.2) is 0 Å². The number of rotatable bonds is 3. The van der Waals surface area contributed by atoms with Gasteiger partial charge in [0.05, 0.1) is 5.60 Å². The Kier molecular flexibility index (Phi) is 3.74. The summed E-state index contributed by atoms with van der Waals surface area (Å²) >= 11 is 2.27. The molecular weight excluding hydrogens is 275 g/mol. The lowest BCUT2D eigenvalue weighted by Crippen LogP contribution is -2.23. The van der Waals surface area contributed by atoms with Crippen LogP contribution in [0.2, 0.25) is 0 Å². The average molecular weight is 290 g/mol. The van der Waals surface area contributed by atoms with Gasteiger partial charge in [0.1, 0.15) is 0 Å². The Morgan fingerprint density at radius 3 is 2.00 bits per heavy atom. The first-order valence-electron chi connectivity index (χ1n) is 4.61. The zero-order chi connectivity index (χ0) is 9.90. The van der Waals surface area contributed by atoms with Crippen molar-refractivity contribution >= 4 is 22.6 Å². The van der Waals surface area contributed by atoms with E-state index in [2.05, 4.69) is 22.6 Å². The van der Waals surface area contributed by atoms with Crippen molar-refractivity contribution in [2.45, 2.75) is 32.3 Å². The van der Waals surface area contributed by atoms with Gasteiger partial charge in [0, 0.05) is 3.57 Å². The fourth-order valence-electron chi connectivity index (χ4n) is 1.42. The third-order valence-corrected chi connectivity index (χ3v) is 3.27. The summed E-state index contributed by atoms with van der Waals surface area (Å²) in [5.74, 6) is 0. The summed E-state index contributed by atoms with van der Waals surface area (Å²) in [6.45, 7) is 4.03. The minimum absolute atomic E-state index is 0.635.